The molecule has 0 radical (unpaired) electrons. The monoisotopic (exact) mass is 344 g/mol. The molecule has 0 saturated carbocycles. The van der Waals surface area contributed by atoms with E-state index in [1.54, 1.807) is 18.9 Å². The molecule has 1 aromatic carbocycles. The lowest BCUT2D eigenvalue weighted by atomic mass is 9.84. The van der Waals surface area contributed by atoms with Gasteiger partial charge in [-0.2, -0.15) is 0 Å². The highest BCUT2D eigenvalue weighted by Gasteiger charge is 2.44. The van der Waals surface area contributed by atoms with Crippen molar-refractivity contribution in [3.8, 4) is 5.75 Å². The van der Waals surface area contributed by atoms with E-state index in [1.165, 1.54) is 0 Å². The Balaban J connectivity index is 1.83. The van der Waals surface area contributed by atoms with Gasteiger partial charge < -0.3 is 15.0 Å². The summed E-state index contributed by atoms with van der Waals surface area (Å²) in [4.78, 5) is 38.6. The predicted molar refractivity (Wildman–Crippen MR) is 92.6 cm³/mol. The minimum Gasteiger partial charge on any atom is -0.486 e. The predicted octanol–water partition coefficient (Wildman–Crippen LogP) is 1.85. The third-order valence-electron chi connectivity index (χ3n) is 5.26. The van der Waals surface area contributed by atoms with Gasteiger partial charge in [0.05, 0.1) is 12.0 Å². The van der Waals surface area contributed by atoms with Crippen LogP contribution in [0.2, 0.25) is 0 Å². The summed E-state index contributed by atoms with van der Waals surface area (Å²) in [6.07, 6.45) is 1.58. The molecule has 2 atom stereocenters. The number of benzene rings is 1. The number of ether oxygens (including phenoxy) is 1. The Labute approximate surface area is 147 Å². The number of hydrogen-bond donors (Lipinski definition) is 1. The number of Topliss-reactive ketones (excluding diaryl/α,β-unsaturated/α-hetero) is 1. The standard InChI is InChI=1S/C19H24N2O4/c1-12-4-5-16-14(10-12)15(22)11-19(25-16)7-6-17(23)21(9-8-19)13(2)18(24)20-3/h4-5,10,13H,6-9,11H2,1-3H3,(H,20,24)/t13-,19+/m0/s1. The summed E-state index contributed by atoms with van der Waals surface area (Å²) >= 11 is 0. The SMILES string of the molecule is CNC(=O)[C@H](C)N1CC[C@]2(CCC1=O)CC(=O)c1cc(C)ccc1O2. The van der Waals surface area contributed by atoms with Crippen molar-refractivity contribution in [2.45, 2.75) is 51.2 Å². The van der Waals surface area contributed by atoms with Gasteiger partial charge in [-0.1, -0.05) is 11.6 Å². The van der Waals surface area contributed by atoms with Crippen LogP contribution in [0.25, 0.3) is 0 Å². The van der Waals surface area contributed by atoms with Crippen molar-refractivity contribution in [2.75, 3.05) is 13.6 Å². The van der Waals surface area contributed by atoms with Crippen molar-refractivity contribution in [2.24, 2.45) is 0 Å². The molecule has 2 amide bonds. The summed E-state index contributed by atoms with van der Waals surface area (Å²) < 4.78 is 6.23. The van der Waals surface area contributed by atoms with Gasteiger partial charge in [0, 0.05) is 26.4 Å². The lowest BCUT2D eigenvalue weighted by molar-refractivity contribution is -0.139. The summed E-state index contributed by atoms with van der Waals surface area (Å²) in [7, 11) is 1.56. The minimum absolute atomic E-state index is 0.0604. The minimum atomic E-state index is -0.661. The van der Waals surface area contributed by atoms with Crippen molar-refractivity contribution in [1.29, 1.82) is 0 Å². The second-order valence-corrected chi connectivity index (χ2v) is 7.01. The highest BCUT2D eigenvalue weighted by Crippen LogP contribution is 2.40. The van der Waals surface area contributed by atoms with Gasteiger partial charge in [-0.3, -0.25) is 14.4 Å². The largest absolute Gasteiger partial charge is 0.486 e. The third-order valence-corrected chi connectivity index (χ3v) is 5.26. The highest BCUT2D eigenvalue weighted by molar-refractivity contribution is 6.00. The normalized spacial score (nSPS) is 24.4. The molecule has 6 nitrogen and oxygen atoms in total. The Hall–Kier alpha value is -2.37. The molecule has 1 spiro atoms. The molecular formula is C19H24N2O4. The zero-order valence-electron chi connectivity index (χ0n) is 14.9. The van der Waals surface area contributed by atoms with E-state index < -0.39 is 11.6 Å². The van der Waals surface area contributed by atoms with E-state index in [4.69, 9.17) is 4.74 Å². The van der Waals surface area contributed by atoms with Crippen LogP contribution in [0.5, 0.6) is 5.75 Å². The Morgan fingerprint density at radius 2 is 2.08 bits per heavy atom. The molecular weight excluding hydrogens is 320 g/mol. The molecule has 2 aliphatic heterocycles. The molecule has 0 unspecified atom stereocenters. The van der Waals surface area contributed by atoms with Gasteiger partial charge in [-0.25, -0.2) is 0 Å². The van der Waals surface area contributed by atoms with Crippen LogP contribution in [-0.2, 0) is 9.59 Å². The number of likely N-dealkylation sites (tertiary alicyclic amines) is 1. The Morgan fingerprint density at radius 3 is 2.80 bits per heavy atom. The molecule has 2 heterocycles. The second kappa shape index (κ2) is 6.50. The average Bonchev–Trinajstić information content (AvgIpc) is 2.74. The number of ketones is 1. The number of likely N-dealkylation sites (N-methyl/N-ethyl adjacent to an activating group) is 1. The maximum Gasteiger partial charge on any atom is 0.242 e. The topological polar surface area (TPSA) is 75.7 Å². The molecule has 6 heteroatoms. The summed E-state index contributed by atoms with van der Waals surface area (Å²) in [5.74, 6) is 0.400. The molecule has 1 N–H and O–H groups in total. The van der Waals surface area contributed by atoms with Crippen LogP contribution < -0.4 is 10.1 Å². The molecule has 3 rings (SSSR count). The lowest BCUT2D eigenvalue weighted by Crippen LogP contribution is -2.48. The number of amides is 2. The maximum atomic E-state index is 12.6. The summed E-state index contributed by atoms with van der Waals surface area (Å²) in [5, 5.41) is 2.58. The van der Waals surface area contributed by atoms with E-state index in [0.29, 0.717) is 30.7 Å². The first-order valence-corrected chi connectivity index (χ1v) is 8.69. The first kappa shape index (κ1) is 17.5. The van der Waals surface area contributed by atoms with Crippen molar-refractivity contribution < 1.29 is 19.1 Å². The van der Waals surface area contributed by atoms with Crippen LogP contribution in [0.1, 0.15) is 48.5 Å². The van der Waals surface area contributed by atoms with E-state index in [-0.39, 0.29) is 30.4 Å². The maximum absolute atomic E-state index is 12.6. The van der Waals surface area contributed by atoms with Gasteiger partial charge in [0.25, 0.3) is 0 Å². The van der Waals surface area contributed by atoms with E-state index in [2.05, 4.69) is 5.32 Å². The van der Waals surface area contributed by atoms with Crippen LogP contribution in [0.15, 0.2) is 18.2 Å². The molecule has 0 aliphatic carbocycles. The number of nitrogens with zero attached hydrogens (tertiary/aromatic N) is 1. The Bertz CT molecular complexity index is 730. The Kier molecular flexibility index (Phi) is 4.54. The van der Waals surface area contributed by atoms with E-state index >= 15 is 0 Å². The van der Waals surface area contributed by atoms with Crippen LogP contribution in [0, 0.1) is 6.92 Å². The van der Waals surface area contributed by atoms with Gasteiger partial charge >= 0.3 is 0 Å². The van der Waals surface area contributed by atoms with Crippen LogP contribution >= 0.6 is 0 Å². The van der Waals surface area contributed by atoms with Gasteiger partial charge in [0.2, 0.25) is 11.8 Å². The zero-order valence-corrected chi connectivity index (χ0v) is 14.9. The quantitative estimate of drug-likeness (QED) is 0.888. The highest BCUT2D eigenvalue weighted by atomic mass is 16.5. The number of rotatable bonds is 2. The van der Waals surface area contributed by atoms with Gasteiger partial charge in [0.1, 0.15) is 17.4 Å². The number of aryl methyl sites for hydroxylation is 1. The smallest absolute Gasteiger partial charge is 0.242 e. The number of nitrogens with one attached hydrogen (secondary N) is 1. The molecule has 0 aromatic heterocycles. The third kappa shape index (κ3) is 3.25. The van der Waals surface area contributed by atoms with Crippen molar-refractivity contribution >= 4 is 17.6 Å². The van der Waals surface area contributed by atoms with Crippen molar-refractivity contribution in [3.05, 3.63) is 29.3 Å². The number of hydrogen-bond acceptors (Lipinski definition) is 4. The van der Waals surface area contributed by atoms with Crippen LogP contribution in [0.4, 0.5) is 0 Å². The van der Waals surface area contributed by atoms with E-state index in [1.807, 2.05) is 25.1 Å². The number of carbonyl (C=O) groups excluding carboxylic acids is 3. The van der Waals surface area contributed by atoms with E-state index in [0.717, 1.165) is 5.56 Å². The number of carbonyl (C=O) groups is 3. The van der Waals surface area contributed by atoms with E-state index in [9.17, 15) is 14.4 Å². The first-order chi connectivity index (χ1) is 11.8. The molecule has 2 aliphatic rings. The summed E-state index contributed by atoms with van der Waals surface area (Å²) in [5.41, 5.74) is 0.983. The molecule has 25 heavy (non-hydrogen) atoms. The van der Waals surface area contributed by atoms with Gasteiger partial charge in [-0.05, 0) is 32.4 Å². The number of fused-ring (bicyclic) bond motifs is 1. The molecule has 1 aromatic rings. The molecule has 1 fully saturated rings. The van der Waals surface area contributed by atoms with Crippen LogP contribution in [-0.4, -0.2) is 47.7 Å². The molecule has 1 saturated heterocycles. The van der Waals surface area contributed by atoms with Gasteiger partial charge in [0.15, 0.2) is 5.78 Å². The summed E-state index contributed by atoms with van der Waals surface area (Å²) in [6.45, 7) is 4.07. The van der Waals surface area contributed by atoms with Crippen molar-refractivity contribution in [1.82, 2.24) is 10.2 Å². The van der Waals surface area contributed by atoms with Gasteiger partial charge in [-0.15, -0.1) is 0 Å². The molecule has 0 bridgehead atoms. The van der Waals surface area contributed by atoms with Crippen LogP contribution in [0.3, 0.4) is 0 Å². The fourth-order valence-electron chi connectivity index (χ4n) is 3.70. The van der Waals surface area contributed by atoms with Crippen molar-refractivity contribution in [3.63, 3.8) is 0 Å². The molecule has 134 valence electrons. The second-order valence-electron chi connectivity index (χ2n) is 7.01. The lowest BCUT2D eigenvalue weighted by Gasteiger charge is -2.37. The average molecular weight is 344 g/mol. The fourth-order valence-corrected chi connectivity index (χ4v) is 3.70. The Morgan fingerprint density at radius 1 is 1.32 bits per heavy atom. The fraction of sp³-hybridized carbons (Fsp3) is 0.526. The first-order valence-electron chi connectivity index (χ1n) is 8.69. The zero-order chi connectivity index (χ0) is 18.2. The summed E-state index contributed by atoms with van der Waals surface area (Å²) in [6, 6.07) is 5.09.